The molecule has 1 heterocycles. The Hall–Kier alpha value is -0.610. The van der Waals surface area contributed by atoms with Crippen LogP contribution in [-0.2, 0) is 9.53 Å². The SMILES string of the molecule is CC(=O)N1CCC[C@@H](COCCN)C1. The summed E-state index contributed by atoms with van der Waals surface area (Å²) < 4.78 is 5.39. The second kappa shape index (κ2) is 5.98. The van der Waals surface area contributed by atoms with E-state index in [1.807, 2.05) is 4.90 Å². The zero-order chi connectivity index (χ0) is 10.4. The fraction of sp³-hybridized carbons (Fsp3) is 0.900. The highest BCUT2D eigenvalue weighted by molar-refractivity contribution is 5.73. The number of nitrogens with zero attached hydrogens (tertiary/aromatic N) is 1. The predicted octanol–water partition coefficient (Wildman–Crippen LogP) is 0.220. The normalized spacial score (nSPS) is 22.4. The summed E-state index contributed by atoms with van der Waals surface area (Å²) in [5, 5.41) is 0. The Kier molecular flexibility index (Phi) is 4.90. The molecule has 4 nitrogen and oxygen atoms in total. The molecule has 1 saturated heterocycles. The molecule has 2 N–H and O–H groups in total. The lowest BCUT2D eigenvalue weighted by Gasteiger charge is -2.31. The summed E-state index contributed by atoms with van der Waals surface area (Å²) in [7, 11) is 0. The maximum atomic E-state index is 11.1. The van der Waals surface area contributed by atoms with Gasteiger partial charge in [0.1, 0.15) is 0 Å². The van der Waals surface area contributed by atoms with Crippen molar-refractivity contribution in [2.75, 3.05) is 32.8 Å². The molecule has 0 unspecified atom stereocenters. The molecule has 82 valence electrons. The van der Waals surface area contributed by atoms with Gasteiger partial charge in [-0.2, -0.15) is 0 Å². The van der Waals surface area contributed by atoms with Gasteiger partial charge in [-0.3, -0.25) is 4.79 Å². The molecule has 1 rings (SSSR count). The molecule has 1 atom stereocenters. The Morgan fingerprint density at radius 1 is 1.64 bits per heavy atom. The van der Waals surface area contributed by atoms with E-state index in [4.69, 9.17) is 10.5 Å². The van der Waals surface area contributed by atoms with E-state index in [9.17, 15) is 4.79 Å². The molecular weight excluding hydrogens is 180 g/mol. The summed E-state index contributed by atoms with van der Waals surface area (Å²) in [6.45, 7) is 5.31. The first-order valence-electron chi connectivity index (χ1n) is 5.27. The van der Waals surface area contributed by atoms with E-state index in [0.29, 0.717) is 19.1 Å². The van der Waals surface area contributed by atoms with Crippen molar-refractivity contribution in [2.24, 2.45) is 11.7 Å². The minimum absolute atomic E-state index is 0.175. The third-order valence-electron chi connectivity index (χ3n) is 2.58. The lowest BCUT2D eigenvalue weighted by Crippen LogP contribution is -2.40. The van der Waals surface area contributed by atoms with Gasteiger partial charge in [-0.1, -0.05) is 0 Å². The topological polar surface area (TPSA) is 55.6 Å². The summed E-state index contributed by atoms with van der Waals surface area (Å²) in [6.07, 6.45) is 2.25. The van der Waals surface area contributed by atoms with Gasteiger partial charge in [-0.05, 0) is 18.8 Å². The fourth-order valence-corrected chi connectivity index (χ4v) is 1.82. The zero-order valence-electron chi connectivity index (χ0n) is 8.87. The second-order valence-electron chi connectivity index (χ2n) is 3.84. The first-order chi connectivity index (χ1) is 6.74. The van der Waals surface area contributed by atoms with Crippen LogP contribution in [0.5, 0.6) is 0 Å². The van der Waals surface area contributed by atoms with Gasteiger partial charge < -0.3 is 15.4 Å². The van der Waals surface area contributed by atoms with Crippen LogP contribution in [0.15, 0.2) is 0 Å². The average molecular weight is 200 g/mol. The lowest BCUT2D eigenvalue weighted by atomic mass is 9.99. The minimum atomic E-state index is 0.175. The van der Waals surface area contributed by atoms with E-state index in [-0.39, 0.29) is 5.91 Å². The Labute approximate surface area is 85.4 Å². The quantitative estimate of drug-likeness (QED) is 0.660. The summed E-state index contributed by atoms with van der Waals surface area (Å²) in [5.74, 6) is 0.674. The molecule has 0 aromatic carbocycles. The molecule has 1 amide bonds. The van der Waals surface area contributed by atoms with Gasteiger partial charge in [0.2, 0.25) is 5.91 Å². The number of amides is 1. The number of rotatable bonds is 4. The van der Waals surface area contributed by atoms with Crippen LogP contribution in [0.25, 0.3) is 0 Å². The van der Waals surface area contributed by atoms with Gasteiger partial charge in [0.25, 0.3) is 0 Å². The molecule has 1 fully saturated rings. The number of ether oxygens (including phenoxy) is 1. The number of nitrogens with two attached hydrogens (primary N) is 1. The first-order valence-corrected chi connectivity index (χ1v) is 5.27. The molecule has 0 aliphatic carbocycles. The summed E-state index contributed by atoms with van der Waals surface area (Å²) in [4.78, 5) is 13.0. The molecule has 0 saturated carbocycles. The van der Waals surface area contributed by atoms with Crippen molar-refractivity contribution in [1.82, 2.24) is 4.90 Å². The van der Waals surface area contributed by atoms with Crippen LogP contribution in [0.4, 0.5) is 0 Å². The zero-order valence-corrected chi connectivity index (χ0v) is 8.87. The van der Waals surface area contributed by atoms with Crippen LogP contribution in [0.2, 0.25) is 0 Å². The highest BCUT2D eigenvalue weighted by Crippen LogP contribution is 2.16. The number of carbonyl (C=O) groups is 1. The second-order valence-corrected chi connectivity index (χ2v) is 3.84. The fourth-order valence-electron chi connectivity index (χ4n) is 1.82. The van der Waals surface area contributed by atoms with Crippen molar-refractivity contribution < 1.29 is 9.53 Å². The highest BCUT2D eigenvalue weighted by atomic mass is 16.5. The molecule has 0 radical (unpaired) electrons. The lowest BCUT2D eigenvalue weighted by molar-refractivity contribution is -0.131. The average Bonchev–Trinajstić information content (AvgIpc) is 2.19. The predicted molar refractivity (Wildman–Crippen MR) is 54.9 cm³/mol. The first kappa shape index (κ1) is 11.5. The summed E-state index contributed by atoms with van der Waals surface area (Å²) >= 11 is 0. The molecule has 0 spiro atoms. The van der Waals surface area contributed by atoms with Crippen LogP contribution in [-0.4, -0.2) is 43.7 Å². The monoisotopic (exact) mass is 200 g/mol. The van der Waals surface area contributed by atoms with E-state index in [0.717, 1.165) is 32.5 Å². The van der Waals surface area contributed by atoms with E-state index in [1.165, 1.54) is 0 Å². The number of carbonyl (C=O) groups excluding carboxylic acids is 1. The molecule has 14 heavy (non-hydrogen) atoms. The number of piperidine rings is 1. The Bertz CT molecular complexity index is 185. The highest BCUT2D eigenvalue weighted by Gasteiger charge is 2.21. The maximum absolute atomic E-state index is 11.1. The van der Waals surface area contributed by atoms with Crippen molar-refractivity contribution in [3.63, 3.8) is 0 Å². The molecule has 4 heteroatoms. The standard InChI is InChI=1S/C10H20N2O2/c1-9(13)12-5-2-3-10(7-12)8-14-6-4-11/h10H,2-8,11H2,1H3/t10-/m1/s1. The van der Waals surface area contributed by atoms with Crippen molar-refractivity contribution >= 4 is 5.91 Å². The third kappa shape index (κ3) is 3.64. The van der Waals surface area contributed by atoms with Crippen LogP contribution in [0.3, 0.4) is 0 Å². The van der Waals surface area contributed by atoms with E-state index < -0.39 is 0 Å². The number of hydrogen-bond donors (Lipinski definition) is 1. The molecule has 0 bridgehead atoms. The van der Waals surface area contributed by atoms with Crippen LogP contribution in [0, 0.1) is 5.92 Å². The van der Waals surface area contributed by atoms with Crippen molar-refractivity contribution in [3.8, 4) is 0 Å². The minimum Gasteiger partial charge on any atom is -0.380 e. The maximum Gasteiger partial charge on any atom is 0.219 e. The van der Waals surface area contributed by atoms with E-state index >= 15 is 0 Å². The summed E-state index contributed by atoms with van der Waals surface area (Å²) in [6, 6.07) is 0. The Balaban J connectivity index is 2.22. The van der Waals surface area contributed by atoms with Gasteiger partial charge >= 0.3 is 0 Å². The van der Waals surface area contributed by atoms with Crippen molar-refractivity contribution in [1.29, 1.82) is 0 Å². The van der Waals surface area contributed by atoms with Crippen LogP contribution < -0.4 is 5.73 Å². The van der Waals surface area contributed by atoms with Crippen LogP contribution >= 0.6 is 0 Å². The number of likely N-dealkylation sites (tertiary alicyclic amines) is 1. The van der Waals surface area contributed by atoms with Gasteiger partial charge in [0.15, 0.2) is 0 Å². The van der Waals surface area contributed by atoms with E-state index in [1.54, 1.807) is 6.92 Å². The Morgan fingerprint density at radius 3 is 3.07 bits per heavy atom. The van der Waals surface area contributed by atoms with Gasteiger partial charge in [0.05, 0.1) is 13.2 Å². The van der Waals surface area contributed by atoms with Crippen molar-refractivity contribution in [3.05, 3.63) is 0 Å². The van der Waals surface area contributed by atoms with Gasteiger partial charge in [-0.15, -0.1) is 0 Å². The molecule has 1 aliphatic heterocycles. The van der Waals surface area contributed by atoms with Gasteiger partial charge in [-0.25, -0.2) is 0 Å². The Morgan fingerprint density at radius 2 is 2.43 bits per heavy atom. The smallest absolute Gasteiger partial charge is 0.219 e. The largest absolute Gasteiger partial charge is 0.380 e. The van der Waals surface area contributed by atoms with Gasteiger partial charge in [0, 0.05) is 26.6 Å². The van der Waals surface area contributed by atoms with Crippen LogP contribution in [0.1, 0.15) is 19.8 Å². The molecular formula is C10H20N2O2. The third-order valence-corrected chi connectivity index (χ3v) is 2.58. The van der Waals surface area contributed by atoms with Crippen molar-refractivity contribution in [2.45, 2.75) is 19.8 Å². The summed E-state index contributed by atoms with van der Waals surface area (Å²) in [5.41, 5.74) is 5.33. The van der Waals surface area contributed by atoms with E-state index in [2.05, 4.69) is 0 Å². The molecule has 1 aliphatic rings. The molecule has 0 aromatic rings. The molecule has 0 aromatic heterocycles. The number of hydrogen-bond acceptors (Lipinski definition) is 3.